The first-order valence-corrected chi connectivity index (χ1v) is 6.23. The van der Waals surface area contributed by atoms with Crippen molar-refractivity contribution in [3.8, 4) is 5.75 Å². The minimum Gasteiger partial charge on any atom is -0.496 e. The van der Waals surface area contributed by atoms with Gasteiger partial charge in [-0.05, 0) is 30.9 Å². The Kier molecular flexibility index (Phi) is 4.41. The third kappa shape index (κ3) is 3.63. The Hall–Kier alpha value is -1.75. The number of rotatable bonds is 5. The van der Waals surface area contributed by atoms with Crippen LogP contribution in [0.1, 0.15) is 18.4 Å². The van der Waals surface area contributed by atoms with Gasteiger partial charge in [0.2, 0.25) is 5.96 Å². The van der Waals surface area contributed by atoms with Gasteiger partial charge in [0.25, 0.3) is 0 Å². The van der Waals surface area contributed by atoms with Crippen LogP contribution in [0, 0.1) is 0 Å². The normalized spacial score (nSPS) is 15.3. The highest BCUT2D eigenvalue weighted by Crippen LogP contribution is 2.19. The Labute approximate surface area is 107 Å². The number of aliphatic imine (C=N–C) groups is 1. The molecule has 0 amide bonds. The largest absolute Gasteiger partial charge is 0.496 e. The molecule has 0 radical (unpaired) electrons. The van der Waals surface area contributed by atoms with E-state index < -0.39 is 0 Å². The molecule has 0 heterocycles. The first-order chi connectivity index (χ1) is 8.83. The van der Waals surface area contributed by atoms with Crippen molar-refractivity contribution in [1.82, 2.24) is 10.7 Å². The summed E-state index contributed by atoms with van der Waals surface area (Å²) in [7, 11) is 1.68. The topological polar surface area (TPSA) is 71.7 Å². The molecule has 0 bridgehead atoms. The average Bonchev–Trinajstić information content (AvgIpc) is 3.22. The first-order valence-electron chi connectivity index (χ1n) is 6.23. The van der Waals surface area contributed by atoms with E-state index in [0.717, 1.165) is 17.7 Å². The van der Waals surface area contributed by atoms with Crippen LogP contribution < -0.4 is 21.3 Å². The van der Waals surface area contributed by atoms with Gasteiger partial charge in [-0.25, -0.2) is 5.84 Å². The quantitative estimate of drug-likeness (QED) is 0.312. The fourth-order valence-electron chi connectivity index (χ4n) is 1.75. The first kappa shape index (κ1) is 12.7. The summed E-state index contributed by atoms with van der Waals surface area (Å²) in [6.07, 6.45) is 3.24. The lowest BCUT2D eigenvalue weighted by Gasteiger charge is -2.09. The van der Waals surface area contributed by atoms with Crippen LogP contribution in [-0.2, 0) is 6.42 Å². The molecule has 0 aromatic heterocycles. The predicted octanol–water partition coefficient (Wildman–Crippen LogP) is 0.809. The number of para-hydroxylation sites is 1. The number of nitrogens with zero attached hydrogens (tertiary/aromatic N) is 1. The minimum atomic E-state index is 0.547. The van der Waals surface area contributed by atoms with Crippen LogP contribution in [0.2, 0.25) is 0 Å². The monoisotopic (exact) mass is 248 g/mol. The molecule has 1 aliphatic carbocycles. The standard InChI is InChI=1S/C13H20N4O/c1-18-12-5-3-2-4-10(12)8-9-15-13(17-14)16-11-6-7-11/h2-5,11H,6-9,14H2,1H3,(H2,15,16,17). The van der Waals surface area contributed by atoms with Crippen LogP contribution in [0.3, 0.4) is 0 Å². The maximum Gasteiger partial charge on any atom is 0.205 e. The molecular formula is C13H20N4O. The van der Waals surface area contributed by atoms with Gasteiger partial charge in [-0.1, -0.05) is 18.2 Å². The molecule has 0 atom stereocenters. The zero-order valence-corrected chi connectivity index (χ0v) is 10.6. The number of hydrogen-bond acceptors (Lipinski definition) is 3. The van der Waals surface area contributed by atoms with Crippen molar-refractivity contribution in [2.24, 2.45) is 10.8 Å². The molecule has 18 heavy (non-hydrogen) atoms. The van der Waals surface area contributed by atoms with Crippen LogP contribution in [0.25, 0.3) is 0 Å². The molecule has 1 fully saturated rings. The van der Waals surface area contributed by atoms with Crippen molar-refractivity contribution in [1.29, 1.82) is 0 Å². The molecule has 5 heteroatoms. The van der Waals surface area contributed by atoms with Crippen LogP contribution >= 0.6 is 0 Å². The summed E-state index contributed by atoms with van der Waals surface area (Å²) >= 11 is 0. The van der Waals surface area contributed by atoms with E-state index in [4.69, 9.17) is 10.6 Å². The Morgan fingerprint density at radius 3 is 2.89 bits per heavy atom. The van der Waals surface area contributed by atoms with Crippen LogP contribution in [0.4, 0.5) is 0 Å². The van der Waals surface area contributed by atoms with Gasteiger partial charge in [0.1, 0.15) is 5.75 Å². The van der Waals surface area contributed by atoms with E-state index in [2.05, 4.69) is 21.8 Å². The summed E-state index contributed by atoms with van der Waals surface area (Å²) < 4.78 is 5.30. The van der Waals surface area contributed by atoms with E-state index >= 15 is 0 Å². The second-order valence-electron chi connectivity index (χ2n) is 4.36. The van der Waals surface area contributed by atoms with Gasteiger partial charge in [-0.15, -0.1) is 0 Å². The molecule has 1 aromatic rings. The fourth-order valence-corrected chi connectivity index (χ4v) is 1.75. The Bertz CT molecular complexity index is 415. The van der Waals surface area contributed by atoms with Gasteiger partial charge in [0.15, 0.2) is 0 Å². The number of nitrogens with two attached hydrogens (primary N) is 1. The van der Waals surface area contributed by atoms with Crippen LogP contribution in [0.5, 0.6) is 5.75 Å². The number of nitrogens with one attached hydrogen (secondary N) is 2. The van der Waals surface area contributed by atoms with Crippen molar-refractivity contribution in [3.05, 3.63) is 29.8 Å². The van der Waals surface area contributed by atoms with E-state index in [-0.39, 0.29) is 0 Å². The molecular weight excluding hydrogens is 228 g/mol. The van der Waals surface area contributed by atoms with Crippen molar-refractivity contribution in [2.45, 2.75) is 25.3 Å². The predicted molar refractivity (Wildman–Crippen MR) is 72.5 cm³/mol. The summed E-state index contributed by atoms with van der Waals surface area (Å²) in [4.78, 5) is 4.41. The number of hydrazine groups is 1. The second-order valence-corrected chi connectivity index (χ2v) is 4.36. The van der Waals surface area contributed by atoms with Gasteiger partial charge in [0.05, 0.1) is 7.11 Å². The molecule has 0 saturated heterocycles. The molecule has 1 saturated carbocycles. The molecule has 0 spiro atoms. The Morgan fingerprint density at radius 1 is 1.44 bits per heavy atom. The third-order valence-corrected chi connectivity index (χ3v) is 2.90. The molecule has 4 N–H and O–H groups in total. The van der Waals surface area contributed by atoms with Gasteiger partial charge in [-0.3, -0.25) is 10.4 Å². The van der Waals surface area contributed by atoms with Gasteiger partial charge in [0, 0.05) is 12.6 Å². The van der Waals surface area contributed by atoms with Crippen LogP contribution in [0.15, 0.2) is 29.3 Å². The Morgan fingerprint density at radius 2 is 2.22 bits per heavy atom. The van der Waals surface area contributed by atoms with E-state index in [1.165, 1.54) is 12.8 Å². The molecule has 2 rings (SSSR count). The lowest BCUT2D eigenvalue weighted by molar-refractivity contribution is 0.410. The molecule has 0 unspecified atom stereocenters. The Balaban J connectivity index is 1.87. The highest BCUT2D eigenvalue weighted by Gasteiger charge is 2.21. The summed E-state index contributed by atoms with van der Waals surface area (Å²) in [5, 5.41) is 3.24. The maximum atomic E-state index is 5.42. The zero-order chi connectivity index (χ0) is 12.8. The van der Waals surface area contributed by atoms with Gasteiger partial charge < -0.3 is 10.1 Å². The zero-order valence-electron chi connectivity index (χ0n) is 10.6. The number of ether oxygens (including phenoxy) is 1. The van der Waals surface area contributed by atoms with E-state index in [0.29, 0.717) is 18.5 Å². The van der Waals surface area contributed by atoms with E-state index in [9.17, 15) is 0 Å². The smallest absolute Gasteiger partial charge is 0.205 e. The number of methoxy groups -OCH3 is 1. The van der Waals surface area contributed by atoms with Crippen molar-refractivity contribution in [3.63, 3.8) is 0 Å². The minimum absolute atomic E-state index is 0.547. The molecule has 0 aliphatic heterocycles. The summed E-state index contributed by atoms with van der Waals surface area (Å²) in [5.41, 5.74) is 3.75. The number of hydrogen-bond donors (Lipinski definition) is 3. The van der Waals surface area contributed by atoms with Crippen LogP contribution in [-0.4, -0.2) is 25.7 Å². The molecule has 5 nitrogen and oxygen atoms in total. The fraction of sp³-hybridized carbons (Fsp3) is 0.462. The van der Waals surface area contributed by atoms with Gasteiger partial charge in [-0.2, -0.15) is 0 Å². The lowest BCUT2D eigenvalue weighted by Crippen LogP contribution is -2.42. The summed E-state index contributed by atoms with van der Waals surface area (Å²) in [6.45, 7) is 0.680. The van der Waals surface area contributed by atoms with Crippen molar-refractivity contribution in [2.75, 3.05) is 13.7 Å². The average molecular weight is 248 g/mol. The summed E-state index contributed by atoms with van der Waals surface area (Å²) in [5.74, 6) is 7.00. The second kappa shape index (κ2) is 6.26. The summed E-state index contributed by atoms with van der Waals surface area (Å²) in [6, 6.07) is 8.53. The molecule has 1 aromatic carbocycles. The molecule has 98 valence electrons. The van der Waals surface area contributed by atoms with Crippen molar-refractivity contribution < 1.29 is 4.74 Å². The maximum absolute atomic E-state index is 5.42. The van der Waals surface area contributed by atoms with E-state index in [1.807, 2.05) is 18.2 Å². The number of guanidine groups is 1. The lowest BCUT2D eigenvalue weighted by atomic mass is 10.1. The van der Waals surface area contributed by atoms with E-state index in [1.54, 1.807) is 7.11 Å². The van der Waals surface area contributed by atoms with Gasteiger partial charge >= 0.3 is 0 Å². The highest BCUT2D eigenvalue weighted by molar-refractivity contribution is 5.79. The molecule has 1 aliphatic rings. The SMILES string of the molecule is COc1ccccc1CCN=C(NN)NC1CC1. The number of benzene rings is 1. The van der Waals surface area contributed by atoms with Crippen molar-refractivity contribution >= 4 is 5.96 Å². The highest BCUT2D eigenvalue weighted by atomic mass is 16.5. The third-order valence-electron chi connectivity index (χ3n) is 2.90.